The average molecular weight is 344 g/mol. The third-order valence-corrected chi connectivity index (χ3v) is 4.24. The van der Waals surface area contributed by atoms with E-state index in [4.69, 9.17) is 18.9 Å². The van der Waals surface area contributed by atoms with Gasteiger partial charge >= 0.3 is 5.97 Å². The number of carbonyl (C=O) groups is 1. The van der Waals surface area contributed by atoms with E-state index in [0.717, 1.165) is 11.1 Å². The Bertz CT molecular complexity index is 765. The van der Waals surface area contributed by atoms with Gasteiger partial charge in [-0.25, -0.2) is 0 Å². The van der Waals surface area contributed by atoms with Gasteiger partial charge in [0.2, 0.25) is 0 Å². The van der Waals surface area contributed by atoms with Gasteiger partial charge in [-0.2, -0.15) is 0 Å². The van der Waals surface area contributed by atoms with Gasteiger partial charge < -0.3 is 18.9 Å². The van der Waals surface area contributed by atoms with Gasteiger partial charge in [0.05, 0.1) is 21.3 Å². The zero-order valence-electron chi connectivity index (χ0n) is 15.5. The van der Waals surface area contributed by atoms with E-state index in [0.29, 0.717) is 23.0 Å². The lowest BCUT2D eigenvalue weighted by Gasteiger charge is -2.27. The minimum Gasteiger partial charge on any atom is -0.493 e. The van der Waals surface area contributed by atoms with E-state index in [1.165, 1.54) is 6.92 Å². The Balaban J connectivity index is 2.47. The van der Waals surface area contributed by atoms with Crippen molar-refractivity contribution >= 4 is 5.97 Å². The topological polar surface area (TPSA) is 54.0 Å². The zero-order chi connectivity index (χ0) is 18.6. The summed E-state index contributed by atoms with van der Waals surface area (Å²) in [5.41, 5.74) is 1.77. The molecule has 0 aliphatic rings. The molecule has 0 atom stereocenters. The lowest BCUT2D eigenvalue weighted by atomic mass is 9.78. The van der Waals surface area contributed by atoms with Crippen molar-refractivity contribution in [3.05, 3.63) is 47.5 Å². The summed E-state index contributed by atoms with van der Waals surface area (Å²) in [6.45, 7) is 5.57. The summed E-state index contributed by atoms with van der Waals surface area (Å²) in [6, 6.07) is 11.4. The molecule has 0 aliphatic carbocycles. The fourth-order valence-electron chi connectivity index (χ4n) is 2.69. The highest BCUT2D eigenvalue weighted by atomic mass is 16.6. The molecule has 0 amide bonds. The van der Waals surface area contributed by atoms with Gasteiger partial charge in [0.25, 0.3) is 0 Å². The Kier molecular flexibility index (Phi) is 5.57. The first-order valence-corrected chi connectivity index (χ1v) is 7.93. The first kappa shape index (κ1) is 18.6. The van der Waals surface area contributed by atoms with Crippen LogP contribution in [-0.4, -0.2) is 27.3 Å². The molecule has 0 saturated carbocycles. The number of carbonyl (C=O) groups excluding carboxylic acids is 1. The van der Waals surface area contributed by atoms with Gasteiger partial charge in [0, 0.05) is 12.3 Å². The van der Waals surface area contributed by atoms with Crippen LogP contribution in [0.3, 0.4) is 0 Å². The van der Waals surface area contributed by atoms with E-state index in [2.05, 4.69) is 13.8 Å². The van der Waals surface area contributed by atoms with Crippen LogP contribution in [-0.2, 0) is 10.2 Å². The molecule has 2 rings (SSSR count). The van der Waals surface area contributed by atoms with Crippen LogP contribution in [0.25, 0.3) is 0 Å². The number of esters is 1. The van der Waals surface area contributed by atoms with Gasteiger partial charge in [0.1, 0.15) is 0 Å². The van der Waals surface area contributed by atoms with E-state index in [9.17, 15) is 4.79 Å². The summed E-state index contributed by atoms with van der Waals surface area (Å²) >= 11 is 0. The molecule has 0 spiro atoms. The summed E-state index contributed by atoms with van der Waals surface area (Å²) in [7, 11) is 4.78. The Morgan fingerprint density at radius 2 is 1.20 bits per heavy atom. The van der Waals surface area contributed by atoms with Crippen molar-refractivity contribution in [3.8, 4) is 23.0 Å². The average Bonchev–Trinajstić information content (AvgIpc) is 2.60. The van der Waals surface area contributed by atoms with Crippen LogP contribution in [0.5, 0.6) is 23.0 Å². The molecule has 0 fully saturated rings. The second-order valence-corrected chi connectivity index (χ2v) is 6.15. The summed E-state index contributed by atoms with van der Waals surface area (Å²) in [6.07, 6.45) is 0. The van der Waals surface area contributed by atoms with Crippen molar-refractivity contribution in [2.45, 2.75) is 26.2 Å². The summed E-state index contributed by atoms with van der Waals surface area (Å²) < 4.78 is 21.3. The van der Waals surface area contributed by atoms with Gasteiger partial charge in [-0.05, 0) is 35.4 Å². The fraction of sp³-hybridized carbons (Fsp3) is 0.350. The van der Waals surface area contributed by atoms with E-state index in [1.807, 2.05) is 30.3 Å². The lowest BCUT2D eigenvalue weighted by molar-refractivity contribution is -0.132. The number of ether oxygens (including phenoxy) is 4. The molecule has 0 radical (unpaired) electrons. The largest absolute Gasteiger partial charge is 0.493 e. The molecule has 25 heavy (non-hydrogen) atoms. The fourth-order valence-corrected chi connectivity index (χ4v) is 2.69. The Morgan fingerprint density at radius 1 is 0.760 bits per heavy atom. The summed E-state index contributed by atoms with van der Waals surface area (Å²) in [5.74, 6) is 1.90. The number of hydrogen-bond acceptors (Lipinski definition) is 5. The van der Waals surface area contributed by atoms with Crippen molar-refractivity contribution < 1.29 is 23.7 Å². The molecule has 134 valence electrons. The number of benzene rings is 2. The number of hydrogen-bond donors (Lipinski definition) is 0. The van der Waals surface area contributed by atoms with Crippen LogP contribution in [0.15, 0.2) is 36.4 Å². The Labute approximate surface area is 148 Å². The van der Waals surface area contributed by atoms with Crippen LogP contribution in [0.4, 0.5) is 0 Å². The second-order valence-electron chi connectivity index (χ2n) is 6.15. The predicted molar refractivity (Wildman–Crippen MR) is 96.0 cm³/mol. The molecule has 0 saturated heterocycles. The smallest absolute Gasteiger partial charge is 0.308 e. The molecular weight excluding hydrogens is 320 g/mol. The standard InChI is InChI=1S/C20H24O5/c1-13(21)25-17-10-8-15(12-19(17)24-6)20(2,3)14-7-9-16(22-4)18(11-14)23-5/h7-12H,1-6H3. The molecule has 0 bridgehead atoms. The second kappa shape index (κ2) is 7.47. The van der Waals surface area contributed by atoms with Crippen LogP contribution in [0.1, 0.15) is 31.9 Å². The maximum atomic E-state index is 11.2. The maximum Gasteiger partial charge on any atom is 0.308 e. The Hall–Kier alpha value is -2.69. The predicted octanol–water partition coefficient (Wildman–Crippen LogP) is 3.96. The third kappa shape index (κ3) is 3.87. The van der Waals surface area contributed by atoms with Gasteiger partial charge in [-0.3, -0.25) is 4.79 Å². The minimum absolute atomic E-state index is 0.318. The highest BCUT2D eigenvalue weighted by Gasteiger charge is 2.26. The Morgan fingerprint density at radius 3 is 1.64 bits per heavy atom. The summed E-state index contributed by atoms with van der Waals surface area (Å²) in [4.78, 5) is 11.2. The maximum absolute atomic E-state index is 11.2. The molecule has 5 heteroatoms. The first-order chi connectivity index (χ1) is 11.8. The van der Waals surface area contributed by atoms with E-state index in [1.54, 1.807) is 27.4 Å². The van der Waals surface area contributed by atoms with Gasteiger partial charge in [-0.1, -0.05) is 26.0 Å². The summed E-state index contributed by atoms with van der Waals surface area (Å²) in [5, 5.41) is 0. The number of rotatable bonds is 6. The lowest BCUT2D eigenvalue weighted by Crippen LogP contribution is -2.19. The molecule has 2 aromatic rings. The zero-order valence-corrected chi connectivity index (χ0v) is 15.5. The molecule has 2 aromatic carbocycles. The van der Waals surface area contributed by atoms with Crippen molar-refractivity contribution in [2.75, 3.05) is 21.3 Å². The highest BCUT2D eigenvalue weighted by Crippen LogP contribution is 2.40. The van der Waals surface area contributed by atoms with Crippen molar-refractivity contribution in [3.63, 3.8) is 0 Å². The van der Waals surface area contributed by atoms with Gasteiger partial charge in [-0.15, -0.1) is 0 Å². The van der Waals surface area contributed by atoms with Crippen molar-refractivity contribution in [1.29, 1.82) is 0 Å². The van der Waals surface area contributed by atoms with Crippen LogP contribution >= 0.6 is 0 Å². The molecule has 0 N–H and O–H groups in total. The SMILES string of the molecule is COc1ccc(C(C)(C)c2ccc(OC(C)=O)c(OC)c2)cc1OC. The quantitative estimate of drug-likeness (QED) is 0.586. The molecule has 5 nitrogen and oxygen atoms in total. The highest BCUT2D eigenvalue weighted by molar-refractivity contribution is 5.70. The van der Waals surface area contributed by atoms with Crippen molar-refractivity contribution in [1.82, 2.24) is 0 Å². The van der Waals surface area contributed by atoms with Crippen LogP contribution in [0.2, 0.25) is 0 Å². The van der Waals surface area contributed by atoms with E-state index >= 15 is 0 Å². The third-order valence-electron chi connectivity index (χ3n) is 4.24. The molecule has 0 unspecified atom stereocenters. The van der Waals surface area contributed by atoms with E-state index < -0.39 is 0 Å². The molecule has 0 aliphatic heterocycles. The van der Waals surface area contributed by atoms with Crippen LogP contribution < -0.4 is 18.9 Å². The normalized spacial score (nSPS) is 11.0. The van der Waals surface area contributed by atoms with Crippen molar-refractivity contribution in [2.24, 2.45) is 0 Å². The molecule has 0 heterocycles. The first-order valence-electron chi connectivity index (χ1n) is 7.93. The minimum atomic E-state index is -0.384. The monoisotopic (exact) mass is 344 g/mol. The molecular formula is C20H24O5. The van der Waals surface area contributed by atoms with E-state index in [-0.39, 0.29) is 11.4 Å². The number of methoxy groups -OCH3 is 3. The van der Waals surface area contributed by atoms with Crippen LogP contribution in [0, 0.1) is 0 Å². The van der Waals surface area contributed by atoms with Gasteiger partial charge in [0.15, 0.2) is 23.0 Å². The molecule has 0 aromatic heterocycles.